The quantitative estimate of drug-likeness (QED) is 0.233. The minimum Gasteiger partial charge on any atom is -0.481 e. The topological polar surface area (TPSA) is 9.23 Å². The molecule has 0 fully saturated rings. The largest absolute Gasteiger partial charge is 0.481 e. The van der Waals surface area contributed by atoms with Crippen molar-refractivity contribution in [2.75, 3.05) is 6.61 Å². The zero-order chi connectivity index (χ0) is 23.3. The average molecular weight is 454 g/mol. The Labute approximate surface area is 183 Å². The average Bonchev–Trinajstić information content (AvgIpc) is 2.72. The standard InChI is InChI=1S/C25H24F6O/c1-2-3-4-5-6-7-16-12-20(26)23(21(27)13-16)18-8-10-19-17(14-18)9-11-22(24(19)28)32-15-25(29,30)31/h8-14H,2-7,15H2,1H3. The summed E-state index contributed by atoms with van der Waals surface area (Å²) >= 11 is 0. The molecular weight excluding hydrogens is 430 g/mol. The molecule has 0 bridgehead atoms. The first kappa shape index (κ1) is 24.0. The molecule has 0 N–H and O–H groups in total. The number of fused-ring (bicyclic) bond motifs is 1. The van der Waals surface area contributed by atoms with Gasteiger partial charge in [0.15, 0.2) is 18.2 Å². The third kappa shape index (κ3) is 5.96. The smallest absolute Gasteiger partial charge is 0.422 e. The van der Waals surface area contributed by atoms with E-state index in [4.69, 9.17) is 0 Å². The second-order valence-electron chi connectivity index (χ2n) is 7.82. The first-order chi connectivity index (χ1) is 15.2. The van der Waals surface area contributed by atoms with E-state index in [2.05, 4.69) is 11.7 Å². The molecule has 0 aliphatic carbocycles. The monoisotopic (exact) mass is 454 g/mol. The van der Waals surface area contributed by atoms with Gasteiger partial charge < -0.3 is 4.74 Å². The van der Waals surface area contributed by atoms with Crippen molar-refractivity contribution in [3.8, 4) is 16.9 Å². The van der Waals surface area contributed by atoms with Crippen LogP contribution in [0.25, 0.3) is 21.9 Å². The predicted molar refractivity (Wildman–Crippen MR) is 113 cm³/mol. The second kappa shape index (κ2) is 10.3. The van der Waals surface area contributed by atoms with Crippen LogP contribution in [0.3, 0.4) is 0 Å². The molecule has 0 radical (unpaired) electrons. The Morgan fingerprint density at radius 2 is 1.50 bits per heavy atom. The van der Waals surface area contributed by atoms with Gasteiger partial charge in [0.1, 0.15) is 11.6 Å². The number of ether oxygens (including phenoxy) is 1. The molecule has 3 aromatic rings. The summed E-state index contributed by atoms with van der Waals surface area (Å²) in [6, 6.07) is 9.08. The van der Waals surface area contributed by atoms with E-state index >= 15 is 0 Å². The Hall–Kier alpha value is -2.70. The molecule has 0 amide bonds. The van der Waals surface area contributed by atoms with Crippen molar-refractivity contribution in [2.24, 2.45) is 0 Å². The van der Waals surface area contributed by atoms with Crippen LogP contribution in [0.5, 0.6) is 5.75 Å². The highest BCUT2D eigenvalue weighted by atomic mass is 19.4. The Morgan fingerprint density at radius 1 is 0.812 bits per heavy atom. The number of unbranched alkanes of at least 4 members (excludes halogenated alkanes) is 4. The molecule has 0 unspecified atom stereocenters. The SMILES string of the molecule is CCCCCCCc1cc(F)c(-c2ccc3c(F)c(OCC(F)(F)F)ccc3c2)c(F)c1. The van der Waals surface area contributed by atoms with Gasteiger partial charge in [-0.3, -0.25) is 0 Å². The van der Waals surface area contributed by atoms with Crippen molar-refractivity contribution in [3.05, 3.63) is 65.5 Å². The van der Waals surface area contributed by atoms with Crippen LogP contribution in [0.4, 0.5) is 26.3 Å². The predicted octanol–water partition coefficient (Wildman–Crippen LogP) is 8.38. The molecule has 0 aliphatic rings. The first-order valence-electron chi connectivity index (χ1n) is 10.6. The van der Waals surface area contributed by atoms with Gasteiger partial charge in [-0.25, -0.2) is 13.2 Å². The molecule has 0 aromatic heterocycles. The Kier molecular flexibility index (Phi) is 7.69. The van der Waals surface area contributed by atoms with Crippen LogP contribution in [0.15, 0.2) is 42.5 Å². The molecule has 0 aliphatic heterocycles. The lowest BCUT2D eigenvalue weighted by Gasteiger charge is -2.13. The molecule has 32 heavy (non-hydrogen) atoms. The maximum Gasteiger partial charge on any atom is 0.422 e. The molecule has 0 spiro atoms. The highest BCUT2D eigenvalue weighted by molar-refractivity contribution is 5.89. The summed E-state index contributed by atoms with van der Waals surface area (Å²) in [6.45, 7) is 0.500. The van der Waals surface area contributed by atoms with E-state index in [1.165, 1.54) is 36.4 Å². The van der Waals surface area contributed by atoms with Gasteiger partial charge in [0.05, 0.1) is 5.56 Å². The van der Waals surface area contributed by atoms with Crippen molar-refractivity contribution in [2.45, 2.75) is 51.6 Å². The Balaban J connectivity index is 1.83. The molecule has 1 nitrogen and oxygen atoms in total. The van der Waals surface area contributed by atoms with E-state index in [-0.39, 0.29) is 21.9 Å². The van der Waals surface area contributed by atoms with Gasteiger partial charge >= 0.3 is 6.18 Å². The molecular formula is C25H24F6O. The Morgan fingerprint density at radius 3 is 2.16 bits per heavy atom. The number of rotatable bonds is 9. The van der Waals surface area contributed by atoms with Gasteiger partial charge in [0, 0.05) is 5.39 Å². The summed E-state index contributed by atoms with van der Waals surface area (Å²) in [4.78, 5) is 0. The van der Waals surface area contributed by atoms with Gasteiger partial charge in [-0.2, -0.15) is 13.2 Å². The molecule has 3 aromatic carbocycles. The third-order valence-electron chi connectivity index (χ3n) is 5.27. The van der Waals surface area contributed by atoms with E-state index in [1.807, 2.05) is 0 Å². The summed E-state index contributed by atoms with van der Waals surface area (Å²) in [5, 5.41) is 0.288. The molecule has 7 heteroatoms. The van der Waals surface area contributed by atoms with Crippen molar-refractivity contribution in [1.82, 2.24) is 0 Å². The van der Waals surface area contributed by atoms with E-state index in [1.54, 1.807) is 0 Å². The van der Waals surface area contributed by atoms with E-state index in [0.29, 0.717) is 12.0 Å². The lowest BCUT2D eigenvalue weighted by atomic mass is 9.97. The van der Waals surface area contributed by atoms with Crippen LogP contribution in [0.2, 0.25) is 0 Å². The number of aryl methyl sites for hydroxylation is 1. The minimum absolute atomic E-state index is 0.00191. The van der Waals surface area contributed by atoms with Crippen LogP contribution < -0.4 is 4.74 Å². The zero-order valence-corrected chi connectivity index (χ0v) is 17.7. The maximum absolute atomic E-state index is 14.7. The van der Waals surface area contributed by atoms with E-state index in [0.717, 1.165) is 38.2 Å². The second-order valence-corrected chi connectivity index (χ2v) is 7.82. The molecule has 0 atom stereocenters. The van der Waals surface area contributed by atoms with Gasteiger partial charge in [-0.15, -0.1) is 0 Å². The summed E-state index contributed by atoms with van der Waals surface area (Å²) in [5.41, 5.74) is 0.573. The number of benzene rings is 3. The van der Waals surface area contributed by atoms with E-state index in [9.17, 15) is 26.3 Å². The Bertz CT molecular complexity index is 1050. The van der Waals surface area contributed by atoms with Crippen molar-refractivity contribution in [1.29, 1.82) is 0 Å². The molecule has 3 rings (SSSR count). The fraction of sp³-hybridized carbons (Fsp3) is 0.360. The minimum atomic E-state index is -4.60. The zero-order valence-electron chi connectivity index (χ0n) is 17.7. The van der Waals surface area contributed by atoms with Crippen LogP contribution >= 0.6 is 0 Å². The summed E-state index contributed by atoms with van der Waals surface area (Å²) in [5.74, 6) is -2.92. The maximum atomic E-state index is 14.7. The van der Waals surface area contributed by atoms with Crippen LogP contribution in [0.1, 0.15) is 44.6 Å². The number of halogens is 6. The van der Waals surface area contributed by atoms with Gasteiger partial charge in [0.2, 0.25) is 0 Å². The van der Waals surface area contributed by atoms with E-state index < -0.39 is 36.0 Å². The fourth-order valence-corrected chi connectivity index (χ4v) is 3.68. The van der Waals surface area contributed by atoms with Crippen LogP contribution in [-0.2, 0) is 6.42 Å². The number of hydrogen-bond acceptors (Lipinski definition) is 1. The molecule has 0 heterocycles. The molecule has 0 saturated heterocycles. The summed E-state index contributed by atoms with van der Waals surface area (Å²) < 4.78 is 85.5. The lowest BCUT2D eigenvalue weighted by Crippen LogP contribution is -2.19. The van der Waals surface area contributed by atoms with Crippen molar-refractivity contribution < 1.29 is 31.1 Å². The van der Waals surface area contributed by atoms with Gasteiger partial charge in [-0.1, -0.05) is 50.8 Å². The van der Waals surface area contributed by atoms with Crippen molar-refractivity contribution >= 4 is 10.8 Å². The van der Waals surface area contributed by atoms with Gasteiger partial charge in [-0.05, 0) is 53.6 Å². The summed E-state index contributed by atoms with van der Waals surface area (Å²) in [7, 11) is 0. The van der Waals surface area contributed by atoms with Crippen LogP contribution in [-0.4, -0.2) is 12.8 Å². The molecule has 0 saturated carbocycles. The highest BCUT2D eigenvalue weighted by Gasteiger charge is 2.29. The van der Waals surface area contributed by atoms with Crippen LogP contribution in [0, 0.1) is 17.5 Å². The number of alkyl halides is 3. The fourth-order valence-electron chi connectivity index (χ4n) is 3.68. The normalized spacial score (nSPS) is 11.8. The third-order valence-corrected chi connectivity index (χ3v) is 5.27. The number of hydrogen-bond donors (Lipinski definition) is 0. The molecule has 172 valence electrons. The first-order valence-corrected chi connectivity index (χ1v) is 10.6. The van der Waals surface area contributed by atoms with Crippen molar-refractivity contribution in [3.63, 3.8) is 0 Å². The lowest BCUT2D eigenvalue weighted by molar-refractivity contribution is -0.153. The highest BCUT2D eigenvalue weighted by Crippen LogP contribution is 2.33. The van der Waals surface area contributed by atoms with Gasteiger partial charge in [0.25, 0.3) is 0 Å². The summed E-state index contributed by atoms with van der Waals surface area (Å²) in [6.07, 6.45) is 1.20.